The predicted molar refractivity (Wildman–Crippen MR) is 52.6 cm³/mol. The number of nitrogens with one attached hydrogen (secondary N) is 1. The lowest BCUT2D eigenvalue weighted by Gasteiger charge is -2.19. The van der Waals surface area contributed by atoms with E-state index in [1.54, 1.807) is 0 Å². The van der Waals surface area contributed by atoms with Gasteiger partial charge in [0.1, 0.15) is 5.69 Å². The Labute approximate surface area is 85.3 Å². The predicted octanol–water partition coefficient (Wildman–Crippen LogP) is 1.11. The van der Waals surface area contributed by atoms with Gasteiger partial charge in [0.05, 0.1) is 0 Å². The molecule has 1 saturated heterocycles. The van der Waals surface area contributed by atoms with E-state index in [2.05, 4.69) is 15.4 Å². The summed E-state index contributed by atoms with van der Waals surface area (Å²) >= 11 is 1.85. The lowest BCUT2D eigenvalue weighted by molar-refractivity contribution is 0.0688. The number of aromatic amines is 1. The van der Waals surface area contributed by atoms with Crippen LogP contribution in [0.1, 0.15) is 34.9 Å². The highest BCUT2D eigenvalue weighted by Crippen LogP contribution is 2.30. The molecular weight excluding hydrogens is 202 g/mol. The van der Waals surface area contributed by atoms with E-state index in [1.807, 2.05) is 11.8 Å². The molecule has 0 radical (unpaired) electrons. The van der Waals surface area contributed by atoms with E-state index in [9.17, 15) is 4.79 Å². The van der Waals surface area contributed by atoms with Gasteiger partial charge in [-0.3, -0.25) is 0 Å². The highest BCUT2D eigenvalue weighted by molar-refractivity contribution is 7.99. The number of carboxylic acids is 1. The SMILES string of the molecule is O=C(O)c1n[nH]nc1C1CCCSC1. The first-order chi connectivity index (χ1) is 6.79. The summed E-state index contributed by atoms with van der Waals surface area (Å²) < 4.78 is 0. The third kappa shape index (κ3) is 1.75. The van der Waals surface area contributed by atoms with Crippen molar-refractivity contribution in [2.24, 2.45) is 0 Å². The highest BCUT2D eigenvalue weighted by atomic mass is 32.2. The molecule has 1 unspecified atom stereocenters. The molecular formula is C8H11N3O2S. The van der Waals surface area contributed by atoms with Gasteiger partial charge in [-0.15, -0.1) is 5.10 Å². The van der Waals surface area contributed by atoms with Crippen molar-refractivity contribution >= 4 is 17.7 Å². The smallest absolute Gasteiger partial charge is 0.358 e. The number of thioether (sulfide) groups is 1. The molecule has 5 nitrogen and oxygen atoms in total. The van der Waals surface area contributed by atoms with Crippen LogP contribution in [0.2, 0.25) is 0 Å². The summed E-state index contributed by atoms with van der Waals surface area (Å²) in [6.45, 7) is 0. The molecule has 2 N–H and O–H groups in total. The number of aromatic carboxylic acids is 1. The Hall–Kier alpha value is -1.04. The van der Waals surface area contributed by atoms with Crippen molar-refractivity contribution in [1.82, 2.24) is 15.4 Å². The molecule has 1 aromatic heterocycles. The Morgan fingerprint density at radius 2 is 2.43 bits per heavy atom. The number of aromatic nitrogens is 3. The molecule has 0 saturated carbocycles. The lowest BCUT2D eigenvalue weighted by Crippen LogP contribution is -2.13. The van der Waals surface area contributed by atoms with Crippen LogP contribution in [-0.4, -0.2) is 38.0 Å². The summed E-state index contributed by atoms with van der Waals surface area (Å²) in [7, 11) is 0. The van der Waals surface area contributed by atoms with E-state index < -0.39 is 5.97 Å². The minimum Gasteiger partial charge on any atom is -0.476 e. The van der Waals surface area contributed by atoms with Crippen LogP contribution in [0.3, 0.4) is 0 Å². The number of hydrogen-bond donors (Lipinski definition) is 2. The molecule has 1 fully saturated rings. The van der Waals surface area contributed by atoms with E-state index in [4.69, 9.17) is 5.11 Å². The van der Waals surface area contributed by atoms with Crippen LogP contribution in [0.5, 0.6) is 0 Å². The number of carbonyl (C=O) groups is 1. The number of carboxylic acid groups (broad SMARTS) is 1. The second kappa shape index (κ2) is 4.00. The molecule has 1 aliphatic rings. The maximum Gasteiger partial charge on any atom is 0.358 e. The fraction of sp³-hybridized carbons (Fsp3) is 0.625. The van der Waals surface area contributed by atoms with Crippen molar-refractivity contribution in [2.45, 2.75) is 18.8 Å². The van der Waals surface area contributed by atoms with Crippen LogP contribution in [-0.2, 0) is 0 Å². The second-order valence-electron chi connectivity index (χ2n) is 3.28. The maximum absolute atomic E-state index is 10.8. The van der Waals surface area contributed by atoms with Gasteiger partial charge in [0, 0.05) is 11.7 Å². The Morgan fingerprint density at radius 1 is 1.57 bits per heavy atom. The summed E-state index contributed by atoms with van der Waals surface area (Å²) in [5.41, 5.74) is 0.696. The van der Waals surface area contributed by atoms with Crippen molar-refractivity contribution in [2.75, 3.05) is 11.5 Å². The minimum absolute atomic E-state index is 0.0810. The molecule has 0 aromatic carbocycles. The Balaban J connectivity index is 2.21. The van der Waals surface area contributed by atoms with E-state index in [0.29, 0.717) is 5.69 Å². The molecule has 2 heterocycles. The monoisotopic (exact) mass is 213 g/mol. The molecule has 0 aliphatic carbocycles. The molecule has 2 rings (SSSR count). The molecule has 0 bridgehead atoms. The molecule has 1 atom stereocenters. The fourth-order valence-corrected chi connectivity index (χ4v) is 2.78. The molecule has 0 amide bonds. The van der Waals surface area contributed by atoms with Gasteiger partial charge >= 0.3 is 5.97 Å². The first-order valence-electron chi connectivity index (χ1n) is 4.50. The average Bonchev–Trinajstić information content (AvgIpc) is 2.67. The Kier molecular flexibility index (Phi) is 2.72. The summed E-state index contributed by atoms with van der Waals surface area (Å²) in [4.78, 5) is 10.8. The topological polar surface area (TPSA) is 78.9 Å². The zero-order valence-electron chi connectivity index (χ0n) is 7.56. The van der Waals surface area contributed by atoms with E-state index in [-0.39, 0.29) is 11.6 Å². The maximum atomic E-state index is 10.8. The number of H-pyrrole nitrogens is 1. The van der Waals surface area contributed by atoms with Crippen LogP contribution in [0.4, 0.5) is 0 Å². The van der Waals surface area contributed by atoms with Crippen molar-refractivity contribution in [3.63, 3.8) is 0 Å². The van der Waals surface area contributed by atoms with Crippen LogP contribution >= 0.6 is 11.8 Å². The van der Waals surface area contributed by atoms with Gasteiger partial charge in [0.25, 0.3) is 0 Å². The van der Waals surface area contributed by atoms with Gasteiger partial charge in [0.2, 0.25) is 0 Å². The van der Waals surface area contributed by atoms with Gasteiger partial charge in [-0.05, 0) is 18.6 Å². The van der Waals surface area contributed by atoms with Crippen LogP contribution in [0.25, 0.3) is 0 Å². The van der Waals surface area contributed by atoms with E-state index in [1.165, 1.54) is 0 Å². The third-order valence-electron chi connectivity index (χ3n) is 2.32. The van der Waals surface area contributed by atoms with Crippen molar-refractivity contribution in [1.29, 1.82) is 0 Å². The largest absolute Gasteiger partial charge is 0.476 e. The Bertz CT molecular complexity index is 333. The molecule has 1 aromatic rings. The van der Waals surface area contributed by atoms with Crippen molar-refractivity contribution in [3.05, 3.63) is 11.4 Å². The summed E-state index contributed by atoms with van der Waals surface area (Å²) in [6.07, 6.45) is 2.14. The minimum atomic E-state index is -0.996. The van der Waals surface area contributed by atoms with E-state index >= 15 is 0 Å². The zero-order valence-corrected chi connectivity index (χ0v) is 8.38. The summed E-state index contributed by atoms with van der Waals surface area (Å²) in [5, 5.41) is 18.8. The van der Waals surface area contributed by atoms with Gasteiger partial charge in [-0.2, -0.15) is 22.1 Å². The average molecular weight is 213 g/mol. The zero-order chi connectivity index (χ0) is 9.97. The number of nitrogens with zero attached hydrogens (tertiary/aromatic N) is 2. The van der Waals surface area contributed by atoms with Gasteiger partial charge in [-0.25, -0.2) is 4.79 Å². The molecule has 0 spiro atoms. The summed E-state index contributed by atoms with van der Waals surface area (Å²) in [5.74, 6) is 1.37. The first-order valence-corrected chi connectivity index (χ1v) is 5.66. The third-order valence-corrected chi connectivity index (χ3v) is 3.54. The normalized spacial score (nSPS) is 22.1. The van der Waals surface area contributed by atoms with Crippen molar-refractivity contribution in [3.8, 4) is 0 Å². The first kappa shape index (κ1) is 9.51. The molecule has 6 heteroatoms. The fourth-order valence-electron chi connectivity index (χ4n) is 1.64. The molecule has 14 heavy (non-hydrogen) atoms. The van der Waals surface area contributed by atoms with E-state index in [0.717, 1.165) is 24.3 Å². The van der Waals surface area contributed by atoms with Crippen molar-refractivity contribution < 1.29 is 9.90 Å². The molecule has 76 valence electrons. The van der Waals surface area contributed by atoms with Gasteiger partial charge < -0.3 is 5.11 Å². The van der Waals surface area contributed by atoms with Crippen LogP contribution in [0.15, 0.2) is 0 Å². The second-order valence-corrected chi connectivity index (χ2v) is 4.43. The summed E-state index contributed by atoms with van der Waals surface area (Å²) in [6, 6.07) is 0. The van der Waals surface area contributed by atoms with Crippen LogP contribution in [0, 0.1) is 0 Å². The lowest BCUT2D eigenvalue weighted by atomic mass is 10.00. The van der Waals surface area contributed by atoms with Gasteiger partial charge in [0.15, 0.2) is 5.69 Å². The van der Waals surface area contributed by atoms with Crippen LogP contribution < -0.4 is 0 Å². The number of rotatable bonds is 2. The molecule has 1 aliphatic heterocycles. The standard InChI is InChI=1S/C8H11N3O2S/c12-8(13)7-6(9-11-10-7)5-2-1-3-14-4-5/h5H,1-4H2,(H,12,13)(H,9,10,11). The Morgan fingerprint density at radius 3 is 3.07 bits per heavy atom. The quantitative estimate of drug-likeness (QED) is 0.769. The highest BCUT2D eigenvalue weighted by Gasteiger charge is 2.25. The van der Waals surface area contributed by atoms with Gasteiger partial charge in [-0.1, -0.05) is 0 Å². The number of hydrogen-bond acceptors (Lipinski definition) is 4.